The van der Waals surface area contributed by atoms with Crippen molar-refractivity contribution in [2.24, 2.45) is 5.10 Å². The van der Waals surface area contributed by atoms with Gasteiger partial charge in [0.05, 0.1) is 11.9 Å². The van der Waals surface area contributed by atoms with E-state index in [0.29, 0.717) is 0 Å². The molecule has 0 spiro atoms. The molecule has 3 nitrogen and oxygen atoms in total. The molecule has 0 radical (unpaired) electrons. The standard InChI is InChI=1S/C25H20N2O/c1-19-12-14-20(15-13-19)18-26-27-24(22-10-6-3-7-11-22)16-23(17-25(27)28)21-8-4-2-5-9-21/h2-18H,1H3. The Balaban J connectivity index is 1.85. The molecule has 4 aromatic rings. The average Bonchev–Trinajstić information content (AvgIpc) is 2.75. The van der Waals surface area contributed by atoms with Gasteiger partial charge in [-0.25, -0.2) is 0 Å². The predicted molar refractivity (Wildman–Crippen MR) is 116 cm³/mol. The highest BCUT2D eigenvalue weighted by atomic mass is 16.1. The van der Waals surface area contributed by atoms with E-state index in [1.807, 2.05) is 97.9 Å². The first kappa shape index (κ1) is 17.7. The fraction of sp³-hybridized carbons (Fsp3) is 0.0400. The van der Waals surface area contributed by atoms with Crippen LogP contribution in [0.25, 0.3) is 22.4 Å². The zero-order valence-corrected chi connectivity index (χ0v) is 15.6. The summed E-state index contributed by atoms with van der Waals surface area (Å²) in [5.41, 5.74) is 5.56. The summed E-state index contributed by atoms with van der Waals surface area (Å²) in [4.78, 5) is 12.9. The molecule has 0 saturated carbocycles. The van der Waals surface area contributed by atoms with Crippen LogP contribution in [0, 0.1) is 6.92 Å². The highest BCUT2D eigenvalue weighted by Gasteiger charge is 2.09. The van der Waals surface area contributed by atoms with E-state index < -0.39 is 0 Å². The van der Waals surface area contributed by atoms with Crippen molar-refractivity contribution < 1.29 is 0 Å². The molecule has 0 aliphatic heterocycles. The Kier molecular flexibility index (Phi) is 4.98. The van der Waals surface area contributed by atoms with Crippen LogP contribution in [0.5, 0.6) is 0 Å². The van der Waals surface area contributed by atoms with Crippen LogP contribution in [0.3, 0.4) is 0 Å². The first-order valence-electron chi connectivity index (χ1n) is 9.20. The number of nitrogens with zero attached hydrogens (tertiary/aromatic N) is 2. The molecule has 0 amide bonds. The van der Waals surface area contributed by atoms with Crippen LogP contribution in [0.1, 0.15) is 11.1 Å². The van der Waals surface area contributed by atoms with Gasteiger partial charge in [0, 0.05) is 11.6 Å². The third-order valence-corrected chi connectivity index (χ3v) is 4.58. The number of aromatic nitrogens is 1. The monoisotopic (exact) mass is 364 g/mol. The second-order valence-corrected chi connectivity index (χ2v) is 6.67. The molecule has 4 rings (SSSR count). The normalized spacial score (nSPS) is 11.0. The van der Waals surface area contributed by atoms with Gasteiger partial charge in [-0.15, -0.1) is 0 Å². The molecule has 28 heavy (non-hydrogen) atoms. The Morgan fingerprint density at radius 3 is 1.96 bits per heavy atom. The highest BCUT2D eigenvalue weighted by molar-refractivity contribution is 5.80. The van der Waals surface area contributed by atoms with Gasteiger partial charge in [-0.1, -0.05) is 90.5 Å². The predicted octanol–water partition coefficient (Wildman–Crippen LogP) is 5.37. The van der Waals surface area contributed by atoms with Crippen molar-refractivity contribution >= 4 is 6.21 Å². The molecule has 0 saturated heterocycles. The second-order valence-electron chi connectivity index (χ2n) is 6.67. The van der Waals surface area contributed by atoms with Crippen molar-refractivity contribution in [2.75, 3.05) is 0 Å². The van der Waals surface area contributed by atoms with E-state index in [2.05, 4.69) is 5.10 Å². The number of benzene rings is 3. The maximum atomic E-state index is 12.9. The summed E-state index contributed by atoms with van der Waals surface area (Å²) in [6, 6.07) is 31.5. The van der Waals surface area contributed by atoms with Crippen LogP contribution in [0.2, 0.25) is 0 Å². The van der Waals surface area contributed by atoms with Gasteiger partial charge in [0.25, 0.3) is 5.56 Å². The van der Waals surface area contributed by atoms with Crippen LogP contribution in [0.4, 0.5) is 0 Å². The number of rotatable bonds is 4. The zero-order valence-electron chi connectivity index (χ0n) is 15.6. The Bertz CT molecular complexity index is 1160. The van der Waals surface area contributed by atoms with Gasteiger partial charge in [0.2, 0.25) is 0 Å². The lowest BCUT2D eigenvalue weighted by Gasteiger charge is -2.11. The SMILES string of the molecule is Cc1ccc(C=Nn2c(-c3ccccc3)cc(-c3ccccc3)cc2=O)cc1. The molecule has 0 N–H and O–H groups in total. The van der Waals surface area contributed by atoms with E-state index in [4.69, 9.17) is 0 Å². The molecule has 0 fully saturated rings. The van der Waals surface area contributed by atoms with E-state index in [0.717, 1.165) is 27.9 Å². The van der Waals surface area contributed by atoms with Crippen molar-refractivity contribution in [1.29, 1.82) is 0 Å². The Morgan fingerprint density at radius 1 is 0.714 bits per heavy atom. The quantitative estimate of drug-likeness (QED) is 0.448. The van der Waals surface area contributed by atoms with Crippen LogP contribution in [0.15, 0.2) is 107 Å². The van der Waals surface area contributed by atoms with E-state index in [1.165, 1.54) is 10.2 Å². The number of hydrogen-bond donors (Lipinski definition) is 0. The minimum absolute atomic E-state index is 0.163. The molecule has 1 aromatic heterocycles. The lowest BCUT2D eigenvalue weighted by atomic mass is 10.0. The number of aryl methyl sites for hydroxylation is 1. The maximum absolute atomic E-state index is 12.9. The van der Waals surface area contributed by atoms with Crippen molar-refractivity contribution in [2.45, 2.75) is 6.92 Å². The summed E-state index contributed by atoms with van der Waals surface area (Å²) in [7, 11) is 0. The fourth-order valence-corrected chi connectivity index (χ4v) is 3.07. The first-order valence-corrected chi connectivity index (χ1v) is 9.20. The Morgan fingerprint density at radius 2 is 1.32 bits per heavy atom. The molecule has 1 heterocycles. The molecule has 0 bridgehead atoms. The maximum Gasteiger partial charge on any atom is 0.272 e. The van der Waals surface area contributed by atoms with Gasteiger partial charge in [-0.05, 0) is 29.7 Å². The van der Waals surface area contributed by atoms with Gasteiger partial charge < -0.3 is 0 Å². The lowest BCUT2D eigenvalue weighted by Crippen LogP contribution is -2.17. The van der Waals surface area contributed by atoms with Crippen molar-refractivity contribution in [3.05, 3.63) is 119 Å². The highest BCUT2D eigenvalue weighted by Crippen LogP contribution is 2.24. The number of pyridine rings is 1. The van der Waals surface area contributed by atoms with Crippen LogP contribution in [-0.4, -0.2) is 10.9 Å². The van der Waals surface area contributed by atoms with Crippen molar-refractivity contribution in [3.63, 3.8) is 0 Å². The molecule has 0 aliphatic carbocycles. The summed E-state index contributed by atoms with van der Waals surface area (Å²) in [5.74, 6) is 0. The summed E-state index contributed by atoms with van der Waals surface area (Å²) < 4.78 is 1.46. The van der Waals surface area contributed by atoms with Gasteiger partial charge >= 0.3 is 0 Å². The second kappa shape index (κ2) is 7.89. The average molecular weight is 364 g/mol. The molecule has 3 aromatic carbocycles. The molecule has 0 unspecified atom stereocenters. The van der Waals surface area contributed by atoms with Gasteiger partial charge in [-0.2, -0.15) is 9.78 Å². The number of hydrogen-bond acceptors (Lipinski definition) is 2. The van der Waals surface area contributed by atoms with Crippen LogP contribution in [-0.2, 0) is 0 Å². The van der Waals surface area contributed by atoms with Gasteiger partial charge in [-0.3, -0.25) is 4.79 Å². The largest absolute Gasteiger partial charge is 0.272 e. The van der Waals surface area contributed by atoms with Gasteiger partial charge in [0.1, 0.15) is 0 Å². The molecular weight excluding hydrogens is 344 g/mol. The summed E-state index contributed by atoms with van der Waals surface area (Å²) in [6.45, 7) is 2.04. The minimum Gasteiger partial charge on any atom is -0.267 e. The van der Waals surface area contributed by atoms with E-state index >= 15 is 0 Å². The zero-order chi connectivity index (χ0) is 19.3. The Labute approximate surface area is 164 Å². The summed E-state index contributed by atoms with van der Waals surface area (Å²) in [5, 5.41) is 4.50. The van der Waals surface area contributed by atoms with Crippen molar-refractivity contribution in [1.82, 2.24) is 4.68 Å². The van der Waals surface area contributed by atoms with Crippen LogP contribution < -0.4 is 5.56 Å². The molecule has 0 atom stereocenters. The third-order valence-electron chi connectivity index (χ3n) is 4.58. The smallest absolute Gasteiger partial charge is 0.267 e. The Hall–Kier alpha value is -3.72. The van der Waals surface area contributed by atoms with E-state index in [1.54, 1.807) is 12.3 Å². The topological polar surface area (TPSA) is 34.4 Å². The molecule has 3 heteroatoms. The molecule has 0 aliphatic rings. The molecule has 136 valence electrons. The lowest BCUT2D eigenvalue weighted by molar-refractivity contribution is 0.843. The van der Waals surface area contributed by atoms with Gasteiger partial charge in [0.15, 0.2) is 0 Å². The fourth-order valence-electron chi connectivity index (χ4n) is 3.07. The van der Waals surface area contributed by atoms with Crippen molar-refractivity contribution in [3.8, 4) is 22.4 Å². The van der Waals surface area contributed by atoms with Crippen LogP contribution >= 0.6 is 0 Å². The minimum atomic E-state index is -0.163. The molecular formula is C25H20N2O. The third kappa shape index (κ3) is 3.84. The van der Waals surface area contributed by atoms with E-state index in [-0.39, 0.29) is 5.56 Å². The summed E-state index contributed by atoms with van der Waals surface area (Å²) >= 11 is 0. The first-order chi connectivity index (χ1) is 13.7. The summed E-state index contributed by atoms with van der Waals surface area (Å²) in [6.07, 6.45) is 1.72. The van der Waals surface area contributed by atoms with E-state index in [9.17, 15) is 4.79 Å².